The average molecular weight is 212 g/mol. The Kier molecular flexibility index (Phi) is 5.09. The molecule has 3 heteroatoms. The zero-order valence-corrected chi connectivity index (χ0v) is 10.0. The molecule has 1 rings (SSSR count). The first-order chi connectivity index (χ1) is 7.13. The van der Waals surface area contributed by atoms with Crippen molar-refractivity contribution in [2.24, 2.45) is 11.7 Å². The van der Waals surface area contributed by atoms with Crippen LogP contribution < -0.4 is 5.73 Å². The molecule has 0 aromatic rings. The van der Waals surface area contributed by atoms with Gasteiger partial charge in [-0.1, -0.05) is 13.3 Å². The molecule has 1 aliphatic rings. The largest absolute Gasteiger partial charge is 0.342 e. The van der Waals surface area contributed by atoms with Crippen LogP contribution >= 0.6 is 0 Å². The molecule has 1 amide bonds. The van der Waals surface area contributed by atoms with Crippen LogP contribution in [0.4, 0.5) is 0 Å². The molecule has 88 valence electrons. The van der Waals surface area contributed by atoms with E-state index in [4.69, 9.17) is 5.73 Å². The van der Waals surface area contributed by atoms with E-state index < -0.39 is 0 Å². The third-order valence-electron chi connectivity index (χ3n) is 3.27. The maximum absolute atomic E-state index is 11.8. The van der Waals surface area contributed by atoms with Gasteiger partial charge in [-0.15, -0.1) is 0 Å². The van der Waals surface area contributed by atoms with Crippen molar-refractivity contribution in [3.8, 4) is 0 Å². The minimum absolute atomic E-state index is 0.222. The Labute approximate surface area is 93.0 Å². The van der Waals surface area contributed by atoms with E-state index >= 15 is 0 Å². The molecule has 1 heterocycles. The topological polar surface area (TPSA) is 46.3 Å². The van der Waals surface area contributed by atoms with Crippen LogP contribution in [0.15, 0.2) is 0 Å². The molecule has 0 aromatic heterocycles. The molecule has 3 nitrogen and oxygen atoms in total. The predicted octanol–water partition coefficient (Wildman–Crippen LogP) is 1.76. The van der Waals surface area contributed by atoms with Crippen molar-refractivity contribution in [1.82, 2.24) is 4.90 Å². The highest BCUT2D eigenvalue weighted by Crippen LogP contribution is 2.20. The zero-order valence-electron chi connectivity index (χ0n) is 10.0. The molecule has 0 aliphatic carbocycles. The lowest BCUT2D eigenvalue weighted by molar-refractivity contribution is -0.130. The second-order valence-electron chi connectivity index (χ2n) is 4.77. The summed E-state index contributed by atoms with van der Waals surface area (Å²) in [5.41, 5.74) is 5.65. The number of rotatable bonds is 5. The van der Waals surface area contributed by atoms with Crippen LogP contribution in [0.5, 0.6) is 0 Å². The van der Waals surface area contributed by atoms with Crippen molar-refractivity contribution in [3.05, 3.63) is 0 Å². The van der Waals surface area contributed by atoms with Crippen molar-refractivity contribution < 1.29 is 4.79 Å². The second kappa shape index (κ2) is 6.11. The molecule has 0 aromatic carbocycles. The fraction of sp³-hybridized carbons (Fsp3) is 0.917. The predicted molar refractivity (Wildman–Crippen MR) is 62.5 cm³/mol. The number of hydrogen-bond donors (Lipinski definition) is 1. The normalized spacial score (nSPS) is 23.1. The summed E-state index contributed by atoms with van der Waals surface area (Å²) in [7, 11) is 0. The number of amides is 1. The van der Waals surface area contributed by atoms with E-state index in [0.717, 1.165) is 31.8 Å². The standard InChI is InChI=1S/C12H24N2O/c1-3-11-7-8-14(9-11)12(15)6-4-5-10(2)13/h10-11H,3-9,13H2,1-2H3. The van der Waals surface area contributed by atoms with Crippen molar-refractivity contribution >= 4 is 5.91 Å². The highest BCUT2D eigenvalue weighted by Gasteiger charge is 2.24. The third-order valence-corrected chi connectivity index (χ3v) is 3.27. The number of carbonyl (C=O) groups is 1. The summed E-state index contributed by atoms with van der Waals surface area (Å²) in [5, 5.41) is 0. The van der Waals surface area contributed by atoms with Crippen molar-refractivity contribution in [2.45, 2.75) is 52.0 Å². The molecule has 0 saturated carbocycles. The maximum Gasteiger partial charge on any atom is 0.222 e. The molecule has 1 aliphatic heterocycles. The Balaban J connectivity index is 2.18. The Morgan fingerprint density at radius 1 is 1.60 bits per heavy atom. The molecule has 1 fully saturated rings. The molecule has 0 bridgehead atoms. The number of carbonyl (C=O) groups excluding carboxylic acids is 1. The van der Waals surface area contributed by atoms with Gasteiger partial charge in [0.2, 0.25) is 5.91 Å². The fourth-order valence-corrected chi connectivity index (χ4v) is 2.13. The fourth-order valence-electron chi connectivity index (χ4n) is 2.13. The van der Waals surface area contributed by atoms with Gasteiger partial charge in [0.25, 0.3) is 0 Å². The Morgan fingerprint density at radius 2 is 2.33 bits per heavy atom. The summed E-state index contributed by atoms with van der Waals surface area (Å²) in [4.78, 5) is 13.8. The lowest BCUT2D eigenvalue weighted by atomic mass is 10.1. The van der Waals surface area contributed by atoms with E-state index in [1.54, 1.807) is 0 Å². The summed E-state index contributed by atoms with van der Waals surface area (Å²) in [6.07, 6.45) is 4.96. The van der Waals surface area contributed by atoms with Crippen LogP contribution in [-0.2, 0) is 4.79 Å². The summed E-state index contributed by atoms with van der Waals surface area (Å²) in [6.45, 7) is 6.14. The second-order valence-corrected chi connectivity index (χ2v) is 4.77. The van der Waals surface area contributed by atoms with Crippen LogP contribution in [0.3, 0.4) is 0 Å². The van der Waals surface area contributed by atoms with E-state index in [2.05, 4.69) is 6.92 Å². The van der Waals surface area contributed by atoms with Gasteiger partial charge in [-0.05, 0) is 32.1 Å². The third kappa shape index (κ3) is 4.20. The van der Waals surface area contributed by atoms with E-state index in [9.17, 15) is 4.79 Å². The molecule has 2 atom stereocenters. The lowest BCUT2D eigenvalue weighted by Gasteiger charge is -2.16. The number of nitrogens with two attached hydrogens (primary N) is 1. The first-order valence-corrected chi connectivity index (χ1v) is 6.16. The van der Waals surface area contributed by atoms with E-state index in [-0.39, 0.29) is 6.04 Å². The summed E-state index contributed by atoms with van der Waals surface area (Å²) in [5.74, 6) is 1.06. The number of nitrogens with zero attached hydrogens (tertiary/aromatic N) is 1. The molecule has 0 spiro atoms. The van der Waals surface area contributed by atoms with Crippen molar-refractivity contribution in [2.75, 3.05) is 13.1 Å². The summed E-state index contributed by atoms with van der Waals surface area (Å²) < 4.78 is 0. The number of hydrogen-bond acceptors (Lipinski definition) is 2. The quantitative estimate of drug-likeness (QED) is 0.755. The molecule has 0 radical (unpaired) electrons. The average Bonchev–Trinajstić information content (AvgIpc) is 2.65. The van der Waals surface area contributed by atoms with Crippen LogP contribution in [0.25, 0.3) is 0 Å². The highest BCUT2D eigenvalue weighted by molar-refractivity contribution is 5.76. The molecular weight excluding hydrogens is 188 g/mol. The monoisotopic (exact) mass is 212 g/mol. The van der Waals surface area contributed by atoms with Crippen LogP contribution in [0.1, 0.15) is 46.0 Å². The van der Waals surface area contributed by atoms with Gasteiger partial charge in [0.15, 0.2) is 0 Å². The minimum Gasteiger partial charge on any atom is -0.342 e. The van der Waals surface area contributed by atoms with E-state index in [0.29, 0.717) is 12.3 Å². The van der Waals surface area contributed by atoms with Crippen molar-refractivity contribution in [3.63, 3.8) is 0 Å². The van der Waals surface area contributed by atoms with Gasteiger partial charge in [0.05, 0.1) is 0 Å². The first-order valence-electron chi connectivity index (χ1n) is 6.16. The summed E-state index contributed by atoms with van der Waals surface area (Å²) in [6, 6.07) is 0.222. The van der Waals surface area contributed by atoms with Gasteiger partial charge in [0, 0.05) is 25.6 Å². The van der Waals surface area contributed by atoms with E-state index in [1.807, 2.05) is 11.8 Å². The maximum atomic E-state index is 11.8. The summed E-state index contributed by atoms with van der Waals surface area (Å²) >= 11 is 0. The van der Waals surface area contributed by atoms with E-state index in [1.165, 1.54) is 12.8 Å². The first kappa shape index (κ1) is 12.5. The highest BCUT2D eigenvalue weighted by atomic mass is 16.2. The van der Waals surface area contributed by atoms with Crippen molar-refractivity contribution in [1.29, 1.82) is 0 Å². The van der Waals surface area contributed by atoms with Gasteiger partial charge in [-0.2, -0.15) is 0 Å². The van der Waals surface area contributed by atoms with Crippen LogP contribution in [-0.4, -0.2) is 29.9 Å². The van der Waals surface area contributed by atoms with Crippen LogP contribution in [0, 0.1) is 5.92 Å². The van der Waals surface area contributed by atoms with Gasteiger partial charge >= 0.3 is 0 Å². The number of likely N-dealkylation sites (tertiary alicyclic amines) is 1. The molecule has 2 N–H and O–H groups in total. The molecule has 15 heavy (non-hydrogen) atoms. The van der Waals surface area contributed by atoms with Gasteiger partial charge in [0.1, 0.15) is 0 Å². The lowest BCUT2D eigenvalue weighted by Crippen LogP contribution is -2.28. The molecule has 2 unspecified atom stereocenters. The molecule has 1 saturated heterocycles. The van der Waals surface area contributed by atoms with Gasteiger partial charge in [-0.3, -0.25) is 4.79 Å². The Hall–Kier alpha value is -0.570. The van der Waals surface area contributed by atoms with Crippen LogP contribution in [0.2, 0.25) is 0 Å². The van der Waals surface area contributed by atoms with Gasteiger partial charge < -0.3 is 10.6 Å². The molecular formula is C12H24N2O. The Morgan fingerprint density at radius 3 is 2.87 bits per heavy atom. The van der Waals surface area contributed by atoms with Gasteiger partial charge in [-0.25, -0.2) is 0 Å². The zero-order chi connectivity index (χ0) is 11.3. The Bertz CT molecular complexity index is 204. The minimum atomic E-state index is 0.222. The smallest absolute Gasteiger partial charge is 0.222 e. The SMILES string of the molecule is CCC1CCN(C(=O)CCCC(C)N)C1.